The fourth-order valence-corrected chi connectivity index (χ4v) is 1.92. The fourth-order valence-electron chi connectivity index (χ4n) is 1.92. The Labute approximate surface area is 118 Å². The van der Waals surface area contributed by atoms with E-state index in [-0.39, 0.29) is 5.78 Å². The summed E-state index contributed by atoms with van der Waals surface area (Å²) in [6, 6.07) is 15.9. The normalized spacial score (nSPS) is 11.7. The maximum absolute atomic E-state index is 12.3. The van der Waals surface area contributed by atoms with E-state index in [9.17, 15) is 9.59 Å². The summed E-state index contributed by atoms with van der Waals surface area (Å²) < 4.78 is 5.22. The number of aryl methyl sites for hydroxylation is 1. The first-order valence-electron chi connectivity index (χ1n) is 6.45. The summed E-state index contributed by atoms with van der Waals surface area (Å²) >= 11 is 0. The summed E-state index contributed by atoms with van der Waals surface area (Å²) in [5.74, 6) is -0.674. The average molecular weight is 268 g/mol. The molecule has 0 saturated carbocycles. The van der Waals surface area contributed by atoms with Crippen LogP contribution in [0.15, 0.2) is 54.6 Å². The van der Waals surface area contributed by atoms with Crippen molar-refractivity contribution in [2.24, 2.45) is 0 Å². The van der Waals surface area contributed by atoms with Crippen LogP contribution in [0.25, 0.3) is 0 Å². The van der Waals surface area contributed by atoms with Gasteiger partial charge in [0.05, 0.1) is 5.56 Å². The summed E-state index contributed by atoms with van der Waals surface area (Å²) in [7, 11) is 0. The molecule has 0 aliphatic carbocycles. The van der Waals surface area contributed by atoms with Gasteiger partial charge in [0.25, 0.3) is 0 Å². The number of hydrogen-bond acceptors (Lipinski definition) is 3. The van der Waals surface area contributed by atoms with E-state index in [1.807, 2.05) is 25.1 Å². The number of carbonyl (C=O) groups is 2. The molecule has 2 rings (SSSR count). The smallest absolute Gasteiger partial charge is 0.338 e. The van der Waals surface area contributed by atoms with Crippen molar-refractivity contribution >= 4 is 11.8 Å². The monoisotopic (exact) mass is 268 g/mol. The summed E-state index contributed by atoms with van der Waals surface area (Å²) in [4.78, 5) is 24.2. The van der Waals surface area contributed by atoms with E-state index in [1.54, 1.807) is 43.3 Å². The van der Waals surface area contributed by atoms with Crippen LogP contribution in [-0.4, -0.2) is 17.9 Å². The van der Waals surface area contributed by atoms with Gasteiger partial charge in [-0.25, -0.2) is 4.79 Å². The SMILES string of the molecule is Cc1ccccc1C(=O)C(C)OC(=O)c1ccccc1. The van der Waals surface area contributed by atoms with Crippen molar-refractivity contribution in [3.05, 3.63) is 71.3 Å². The predicted molar refractivity (Wildman–Crippen MR) is 76.8 cm³/mol. The van der Waals surface area contributed by atoms with Gasteiger partial charge in [0.2, 0.25) is 5.78 Å². The Balaban J connectivity index is 2.09. The van der Waals surface area contributed by atoms with Crippen molar-refractivity contribution in [2.45, 2.75) is 20.0 Å². The molecule has 0 bridgehead atoms. The third-order valence-corrected chi connectivity index (χ3v) is 3.07. The van der Waals surface area contributed by atoms with E-state index in [0.717, 1.165) is 5.56 Å². The first kappa shape index (κ1) is 14.0. The van der Waals surface area contributed by atoms with Gasteiger partial charge in [0.1, 0.15) is 0 Å². The molecule has 20 heavy (non-hydrogen) atoms. The molecule has 0 N–H and O–H groups in total. The Morgan fingerprint density at radius 1 is 0.950 bits per heavy atom. The maximum Gasteiger partial charge on any atom is 0.338 e. The van der Waals surface area contributed by atoms with Gasteiger partial charge >= 0.3 is 5.97 Å². The number of ketones is 1. The van der Waals surface area contributed by atoms with Gasteiger partial charge in [-0.3, -0.25) is 4.79 Å². The molecule has 0 amide bonds. The molecule has 2 aromatic rings. The summed E-state index contributed by atoms with van der Waals surface area (Å²) in [6.07, 6.45) is -0.802. The zero-order valence-electron chi connectivity index (χ0n) is 11.5. The minimum Gasteiger partial charge on any atom is -0.451 e. The van der Waals surface area contributed by atoms with Gasteiger partial charge in [-0.15, -0.1) is 0 Å². The number of esters is 1. The lowest BCUT2D eigenvalue weighted by atomic mass is 10.0. The molecule has 0 aliphatic heterocycles. The van der Waals surface area contributed by atoms with Crippen molar-refractivity contribution in [2.75, 3.05) is 0 Å². The van der Waals surface area contributed by atoms with Gasteiger partial charge < -0.3 is 4.74 Å². The second-order valence-electron chi connectivity index (χ2n) is 4.59. The number of Topliss-reactive ketones (excluding diaryl/α,β-unsaturated/α-hetero) is 1. The highest BCUT2D eigenvalue weighted by molar-refractivity contribution is 6.02. The molecule has 0 saturated heterocycles. The Morgan fingerprint density at radius 3 is 2.20 bits per heavy atom. The molecule has 2 aromatic carbocycles. The molecule has 0 heterocycles. The van der Waals surface area contributed by atoms with Gasteiger partial charge in [0, 0.05) is 5.56 Å². The maximum atomic E-state index is 12.3. The molecule has 1 unspecified atom stereocenters. The molecule has 0 aromatic heterocycles. The summed E-state index contributed by atoms with van der Waals surface area (Å²) in [6.45, 7) is 3.45. The minimum absolute atomic E-state index is 0.188. The lowest BCUT2D eigenvalue weighted by Gasteiger charge is -2.13. The molecule has 0 spiro atoms. The molecule has 3 heteroatoms. The van der Waals surface area contributed by atoms with Crippen LogP contribution in [0.5, 0.6) is 0 Å². The van der Waals surface area contributed by atoms with E-state index in [1.165, 1.54) is 0 Å². The van der Waals surface area contributed by atoms with Gasteiger partial charge in [-0.1, -0.05) is 42.5 Å². The quantitative estimate of drug-likeness (QED) is 0.630. The number of rotatable bonds is 4. The first-order chi connectivity index (χ1) is 9.59. The topological polar surface area (TPSA) is 43.4 Å². The fraction of sp³-hybridized carbons (Fsp3) is 0.176. The third kappa shape index (κ3) is 3.12. The van der Waals surface area contributed by atoms with Crippen LogP contribution in [0.1, 0.15) is 33.2 Å². The molecule has 0 radical (unpaired) electrons. The molecular formula is C17H16O3. The van der Waals surface area contributed by atoms with Crippen LogP contribution in [0.3, 0.4) is 0 Å². The minimum atomic E-state index is -0.802. The van der Waals surface area contributed by atoms with E-state index < -0.39 is 12.1 Å². The van der Waals surface area contributed by atoms with Crippen LogP contribution in [-0.2, 0) is 4.74 Å². The Bertz CT molecular complexity index is 617. The number of benzene rings is 2. The molecule has 0 fully saturated rings. The molecule has 3 nitrogen and oxygen atoms in total. The average Bonchev–Trinajstić information content (AvgIpc) is 2.48. The van der Waals surface area contributed by atoms with E-state index >= 15 is 0 Å². The molecule has 1 atom stereocenters. The lowest BCUT2D eigenvalue weighted by Crippen LogP contribution is -2.25. The zero-order chi connectivity index (χ0) is 14.5. The van der Waals surface area contributed by atoms with Gasteiger partial charge in [-0.05, 0) is 31.5 Å². The second kappa shape index (κ2) is 6.15. The largest absolute Gasteiger partial charge is 0.451 e. The van der Waals surface area contributed by atoms with Crippen molar-refractivity contribution in [3.63, 3.8) is 0 Å². The molecule has 0 aliphatic rings. The highest BCUT2D eigenvalue weighted by Crippen LogP contribution is 2.13. The van der Waals surface area contributed by atoms with Gasteiger partial charge in [-0.2, -0.15) is 0 Å². The highest BCUT2D eigenvalue weighted by atomic mass is 16.5. The molecular weight excluding hydrogens is 252 g/mol. The number of carbonyl (C=O) groups excluding carboxylic acids is 2. The third-order valence-electron chi connectivity index (χ3n) is 3.07. The van der Waals surface area contributed by atoms with Crippen LogP contribution in [0, 0.1) is 6.92 Å². The van der Waals surface area contributed by atoms with Crippen molar-refractivity contribution < 1.29 is 14.3 Å². The standard InChI is InChI=1S/C17H16O3/c1-12-8-6-7-11-15(12)16(18)13(2)20-17(19)14-9-4-3-5-10-14/h3-11,13H,1-2H3. The van der Waals surface area contributed by atoms with E-state index in [2.05, 4.69) is 0 Å². The van der Waals surface area contributed by atoms with E-state index in [0.29, 0.717) is 11.1 Å². The van der Waals surface area contributed by atoms with Crippen LogP contribution >= 0.6 is 0 Å². The molecule has 102 valence electrons. The zero-order valence-corrected chi connectivity index (χ0v) is 11.5. The Hall–Kier alpha value is -2.42. The predicted octanol–water partition coefficient (Wildman–Crippen LogP) is 3.42. The summed E-state index contributed by atoms with van der Waals surface area (Å²) in [5.41, 5.74) is 1.90. The number of hydrogen-bond donors (Lipinski definition) is 0. The first-order valence-corrected chi connectivity index (χ1v) is 6.45. The van der Waals surface area contributed by atoms with Crippen molar-refractivity contribution in [3.8, 4) is 0 Å². The van der Waals surface area contributed by atoms with Crippen molar-refractivity contribution in [1.82, 2.24) is 0 Å². The van der Waals surface area contributed by atoms with Crippen LogP contribution < -0.4 is 0 Å². The van der Waals surface area contributed by atoms with Crippen LogP contribution in [0.2, 0.25) is 0 Å². The van der Waals surface area contributed by atoms with E-state index in [4.69, 9.17) is 4.74 Å². The highest BCUT2D eigenvalue weighted by Gasteiger charge is 2.21. The number of ether oxygens (including phenoxy) is 1. The summed E-state index contributed by atoms with van der Waals surface area (Å²) in [5, 5.41) is 0. The van der Waals surface area contributed by atoms with Gasteiger partial charge in [0.15, 0.2) is 6.10 Å². The second-order valence-corrected chi connectivity index (χ2v) is 4.59. The Morgan fingerprint density at radius 2 is 1.55 bits per heavy atom. The lowest BCUT2D eigenvalue weighted by molar-refractivity contribution is 0.0318. The van der Waals surface area contributed by atoms with Crippen LogP contribution in [0.4, 0.5) is 0 Å². The van der Waals surface area contributed by atoms with Crippen molar-refractivity contribution in [1.29, 1.82) is 0 Å². The Kier molecular flexibility index (Phi) is 4.31.